The van der Waals surface area contributed by atoms with Gasteiger partial charge in [0.15, 0.2) is 5.78 Å². The number of benzene rings is 1. The highest BCUT2D eigenvalue weighted by Gasteiger charge is 2.41. The number of hydrogen-bond donors (Lipinski definition) is 1. The Morgan fingerprint density at radius 3 is 2.30 bits per heavy atom. The maximum absolute atomic E-state index is 12.3. The van der Waals surface area contributed by atoms with Crippen molar-refractivity contribution in [1.29, 1.82) is 0 Å². The number of alkyl halides is 3. The number of nitrogens with one attached hydrogen (secondary N) is 1. The van der Waals surface area contributed by atoms with E-state index in [4.69, 9.17) is 0 Å². The van der Waals surface area contributed by atoms with Crippen molar-refractivity contribution in [2.75, 3.05) is 7.11 Å². The molecule has 8 heteroatoms. The molecule has 0 spiro atoms. The maximum Gasteiger partial charge on any atom is 0.471 e. The molecule has 0 saturated carbocycles. The number of ether oxygens (including phenoxy) is 1. The van der Waals surface area contributed by atoms with Crippen LogP contribution in [0.1, 0.15) is 27.9 Å². The van der Waals surface area contributed by atoms with Gasteiger partial charge in [-0.1, -0.05) is 23.8 Å². The van der Waals surface area contributed by atoms with Gasteiger partial charge >= 0.3 is 18.1 Å². The third kappa shape index (κ3) is 5.08. The predicted molar refractivity (Wildman–Crippen MR) is 74.9 cm³/mol. The molecule has 1 aromatic carbocycles. The first kappa shape index (κ1) is 18.7. The van der Waals surface area contributed by atoms with Crippen molar-refractivity contribution in [2.45, 2.75) is 32.5 Å². The topological polar surface area (TPSA) is 72.5 Å². The van der Waals surface area contributed by atoms with Crippen molar-refractivity contribution in [3.63, 3.8) is 0 Å². The molecule has 1 amide bonds. The van der Waals surface area contributed by atoms with Crippen LogP contribution >= 0.6 is 0 Å². The Bertz CT molecular complexity index is 626. The standard InChI is InChI=1S/C15H16F3NO4/c1-8-4-5-10(9(2)6-8)12(20)7-11(13(21)23-3)19-14(22)15(16,17)18/h4-6,11H,7H2,1-3H3,(H,19,22)/t11-/m1/s1. The van der Waals surface area contributed by atoms with Crippen molar-refractivity contribution >= 4 is 17.7 Å². The summed E-state index contributed by atoms with van der Waals surface area (Å²) in [5.41, 5.74) is 1.81. The first-order valence-electron chi connectivity index (χ1n) is 6.62. The number of Topliss-reactive ketones (excluding diaryl/α,β-unsaturated/α-hetero) is 1. The predicted octanol–water partition coefficient (Wildman–Crippen LogP) is 2.10. The number of amides is 1. The van der Waals surface area contributed by atoms with Gasteiger partial charge in [-0.05, 0) is 19.4 Å². The Labute approximate surface area is 130 Å². The van der Waals surface area contributed by atoms with Crippen LogP contribution in [0.25, 0.3) is 0 Å². The molecule has 0 heterocycles. The van der Waals surface area contributed by atoms with Crippen LogP contribution in [0, 0.1) is 13.8 Å². The zero-order chi connectivity index (χ0) is 17.8. The molecule has 0 bridgehead atoms. The summed E-state index contributed by atoms with van der Waals surface area (Å²) in [6.07, 6.45) is -5.78. The van der Waals surface area contributed by atoms with Crippen molar-refractivity contribution in [2.24, 2.45) is 0 Å². The van der Waals surface area contributed by atoms with Crippen LogP contribution in [-0.4, -0.2) is 37.0 Å². The van der Waals surface area contributed by atoms with Crippen LogP contribution in [0.2, 0.25) is 0 Å². The van der Waals surface area contributed by atoms with Gasteiger partial charge in [0.1, 0.15) is 6.04 Å². The molecule has 126 valence electrons. The number of halogens is 3. The first-order valence-corrected chi connectivity index (χ1v) is 6.62. The van der Waals surface area contributed by atoms with E-state index in [0.29, 0.717) is 5.56 Å². The molecule has 0 fully saturated rings. The highest BCUT2D eigenvalue weighted by Crippen LogP contribution is 2.17. The van der Waals surface area contributed by atoms with Gasteiger partial charge in [-0.3, -0.25) is 9.59 Å². The lowest BCUT2D eigenvalue weighted by Crippen LogP contribution is -2.48. The van der Waals surface area contributed by atoms with Crippen molar-refractivity contribution in [3.8, 4) is 0 Å². The summed E-state index contributed by atoms with van der Waals surface area (Å²) >= 11 is 0. The normalized spacial score (nSPS) is 12.4. The molecule has 0 aromatic heterocycles. The first-order chi connectivity index (χ1) is 10.6. The van der Waals surface area contributed by atoms with Gasteiger partial charge in [-0.15, -0.1) is 0 Å². The lowest BCUT2D eigenvalue weighted by molar-refractivity contribution is -0.175. The number of hydrogen-bond acceptors (Lipinski definition) is 4. The van der Waals surface area contributed by atoms with Crippen LogP contribution in [-0.2, 0) is 14.3 Å². The Hall–Kier alpha value is -2.38. The van der Waals surface area contributed by atoms with E-state index in [-0.39, 0.29) is 5.56 Å². The van der Waals surface area contributed by atoms with E-state index < -0.39 is 36.3 Å². The van der Waals surface area contributed by atoms with Crippen molar-refractivity contribution in [1.82, 2.24) is 5.32 Å². The summed E-state index contributed by atoms with van der Waals surface area (Å²) < 4.78 is 41.2. The summed E-state index contributed by atoms with van der Waals surface area (Å²) in [5.74, 6) is -4.00. The van der Waals surface area contributed by atoms with E-state index in [2.05, 4.69) is 4.74 Å². The highest BCUT2D eigenvalue weighted by molar-refractivity contribution is 6.01. The molecule has 0 saturated heterocycles. The number of carbonyl (C=O) groups is 3. The molecule has 0 aliphatic carbocycles. The molecular formula is C15H16F3NO4. The molecule has 0 unspecified atom stereocenters. The summed E-state index contributed by atoms with van der Waals surface area (Å²) in [6.45, 7) is 3.49. The molecule has 1 rings (SSSR count). The number of ketones is 1. The molecule has 23 heavy (non-hydrogen) atoms. The van der Waals surface area contributed by atoms with Gasteiger partial charge < -0.3 is 10.1 Å². The minimum absolute atomic E-state index is 0.269. The number of esters is 1. The van der Waals surface area contributed by atoms with Gasteiger partial charge in [0, 0.05) is 12.0 Å². The van der Waals surface area contributed by atoms with Crippen LogP contribution < -0.4 is 5.32 Å². The number of aryl methyl sites for hydroxylation is 2. The molecule has 5 nitrogen and oxygen atoms in total. The molecule has 1 atom stereocenters. The summed E-state index contributed by atoms with van der Waals surface area (Å²) in [5, 5.41) is 1.48. The number of carbonyl (C=O) groups excluding carboxylic acids is 3. The van der Waals surface area contributed by atoms with E-state index in [1.54, 1.807) is 19.1 Å². The zero-order valence-electron chi connectivity index (χ0n) is 12.8. The van der Waals surface area contributed by atoms with Crippen molar-refractivity contribution in [3.05, 3.63) is 34.9 Å². The Morgan fingerprint density at radius 1 is 1.22 bits per heavy atom. The van der Waals surface area contributed by atoms with Gasteiger partial charge in [0.2, 0.25) is 0 Å². The summed E-state index contributed by atoms with van der Waals surface area (Å²) in [6, 6.07) is 3.21. The number of rotatable bonds is 5. The summed E-state index contributed by atoms with van der Waals surface area (Å²) in [4.78, 5) is 34.7. The van der Waals surface area contributed by atoms with Crippen LogP contribution in [0.15, 0.2) is 18.2 Å². The highest BCUT2D eigenvalue weighted by atomic mass is 19.4. The van der Waals surface area contributed by atoms with Crippen LogP contribution in [0.3, 0.4) is 0 Å². The third-order valence-corrected chi connectivity index (χ3v) is 3.12. The second-order valence-corrected chi connectivity index (χ2v) is 4.99. The fourth-order valence-corrected chi connectivity index (χ4v) is 2.00. The second-order valence-electron chi connectivity index (χ2n) is 4.99. The van der Waals surface area contributed by atoms with Crippen LogP contribution in [0.4, 0.5) is 13.2 Å². The molecule has 0 radical (unpaired) electrons. The van der Waals surface area contributed by atoms with Gasteiger partial charge in [0.25, 0.3) is 0 Å². The Balaban J connectivity index is 2.95. The third-order valence-electron chi connectivity index (χ3n) is 3.12. The van der Waals surface area contributed by atoms with Crippen molar-refractivity contribution < 1.29 is 32.3 Å². The molecule has 0 aliphatic rings. The Kier molecular flexibility index (Phi) is 5.89. The average Bonchev–Trinajstić information content (AvgIpc) is 2.44. The van der Waals surface area contributed by atoms with Gasteiger partial charge in [-0.2, -0.15) is 13.2 Å². The van der Waals surface area contributed by atoms with E-state index in [0.717, 1.165) is 12.7 Å². The molecule has 0 aliphatic heterocycles. The van der Waals surface area contributed by atoms with E-state index >= 15 is 0 Å². The summed E-state index contributed by atoms with van der Waals surface area (Å²) in [7, 11) is 0.955. The lowest BCUT2D eigenvalue weighted by Gasteiger charge is -2.17. The average molecular weight is 331 g/mol. The Morgan fingerprint density at radius 2 is 1.83 bits per heavy atom. The smallest absolute Gasteiger partial charge is 0.467 e. The second kappa shape index (κ2) is 7.26. The minimum Gasteiger partial charge on any atom is -0.467 e. The minimum atomic E-state index is -5.16. The fraction of sp³-hybridized carbons (Fsp3) is 0.400. The van der Waals surface area contributed by atoms with Gasteiger partial charge in [0.05, 0.1) is 7.11 Å². The molecular weight excluding hydrogens is 315 g/mol. The zero-order valence-corrected chi connectivity index (χ0v) is 12.8. The van der Waals surface area contributed by atoms with E-state index in [9.17, 15) is 27.6 Å². The lowest BCUT2D eigenvalue weighted by atomic mass is 9.98. The quantitative estimate of drug-likeness (QED) is 0.662. The SMILES string of the molecule is COC(=O)[C@@H](CC(=O)c1ccc(C)cc1C)NC(=O)C(F)(F)F. The fourth-order valence-electron chi connectivity index (χ4n) is 2.00. The van der Waals surface area contributed by atoms with E-state index in [1.165, 1.54) is 11.4 Å². The number of methoxy groups -OCH3 is 1. The monoisotopic (exact) mass is 331 g/mol. The molecule has 1 aromatic rings. The maximum atomic E-state index is 12.3. The van der Waals surface area contributed by atoms with Gasteiger partial charge in [-0.25, -0.2) is 4.79 Å². The van der Waals surface area contributed by atoms with E-state index in [1.807, 2.05) is 6.92 Å². The van der Waals surface area contributed by atoms with Crippen LogP contribution in [0.5, 0.6) is 0 Å². The largest absolute Gasteiger partial charge is 0.471 e. The molecule has 1 N–H and O–H groups in total.